The lowest BCUT2D eigenvalue weighted by Gasteiger charge is -2.34. The van der Waals surface area contributed by atoms with Crippen molar-refractivity contribution in [3.63, 3.8) is 0 Å². The predicted molar refractivity (Wildman–Crippen MR) is 86.3 cm³/mol. The summed E-state index contributed by atoms with van der Waals surface area (Å²) in [5, 5.41) is 11.8. The first-order chi connectivity index (χ1) is 11.7. The van der Waals surface area contributed by atoms with E-state index in [0.29, 0.717) is 43.4 Å². The van der Waals surface area contributed by atoms with Crippen LogP contribution >= 0.6 is 11.6 Å². The van der Waals surface area contributed by atoms with Gasteiger partial charge in [0.2, 0.25) is 5.91 Å². The summed E-state index contributed by atoms with van der Waals surface area (Å²) >= 11 is 5.62. The van der Waals surface area contributed by atoms with Gasteiger partial charge in [0.25, 0.3) is 0 Å². The van der Waals surface area contributed by atoms with Crippen molar-refractivity contribution < 1.29 is 9.18 Å². The Bertz CT molecular complexity index is 684. The molecule has 1 aliphatic heterocycles. The lowest BCUT2D eigenvalue weighted by molar-refractivity contribution is -0.132. The highest BCUT2D eigenvalue weighted by molar-refractivity contribution is 6.18. The van der Waals surface area contributed by atoms with Gasteiger partial charge in [-0.25, -0.2) is 4.39 Å². The molecule has 3 rings (SSSR count). The van der Waals surface area contributed by atoms with E-state index < -0.39 is 0 Å². The number of alkyl halides is 1. The molecule has 0 atom stereocenters. The largest absolute Gasteiger partial charge is 0.340 e. The van der Waals surface area contributed by atoms with Crippen LogP contribution in [0.15, 0.2) is 24.3 Å². The molecule has 0 spiro atoms. The molecular weight excluding hydrogens is 335 g/mol. The fraction of sp³-hybridized carbons (Fsp3) is 0.467. The van der Waals surface area contributed by atoms with Gasteiger partial charge in [0.15, 0.2) is 5.82 Å². The topological polar surface area (TPSA) is 67.2 Å². The minimum absolute atomic E-state index is 0.0980. The Morgan fingerprint density at radius 2 is 1.88 bits per heavy atom. The lowest BCUT2D eigenvalue weighted by Crippen LogP contribution is -2.48. The van der Waals surface area contributed by atoms with E-state index in [4.69, 9.17) is 11.6 Å². The van der Waals surface area contributed by atoms with Gasteiger partial charge < -0.3 is 4.90 Å². The number of aromatic nitrogens is 4. The Balaban J connectivity index is 1.61. The molecule has 24 heavy (non-hydrogen) atoms. The molecule has 0 bridgehead atoms. The number of amides is 1. The zero-order chi connectivity index (χ0) is 16.9. The first-order valence-corrected chi connectivity index (χ1v) is 8.30. The van der Waals surface area contributed by atoms with E-state index in [1.54, 1.807) is 16.8 Å². The SMILES string of the molecule is O=C(CCCl)N1CCN(Cc2nnnn2-c2ccc(F)cc2)CC1. The number of tetrazole rings is 1. The van der Waals surface area contributed by atoms with Gasteiger partial charge in [-0.05, 0) is 34.7 Å². The summed E-state index contributed by atoms with van der Waals surface area (Å²) in [7, 11) is 0. The van der Waals surface area contributed by atoms with Crippen molar-refractivity contribution in [1.82, 2.24) is 30.0 Å². The van der Waals surface area contributed by atoms with Gasteiger partial charge in [-0.1, -0.05) is 0 Å². The van der Waals surface area contributed by atoms with Crippen molar-refractivity contribution in [3.8, 4) is 5.69 Å². The molecule has 1 amide bonds. The van der Waals surface area contributed by atoms with Crippen LogP contribution in [0.2, 0.25) is 0 Å². The summed E-state index contributed by atoms with van der Waals surface area (Å²) in [6, 6.07) is 6.03. The van der Waals surface area contributed by atoms with Crippen LogP contribution in [-0.2, 0) is 11.3 Å². The molecule has 1 saturated heterocycles. The summed E-state index contributed by atoms with van der Waals surface area (Å²) < 4.78 is 14.7. The maximum Gasteiger partial charge on any atom is 0.223 e. The van der Waals surface area contributed by atoms with E-state index in [-0.39, 0.29) is 11.7 Å². The molecule has 2 heterocycles. The molecule has 9 heteroatoms. The lowest BCUT2D eigenvalue weighted by atomic mass is 10.2. The van der Waals surface area contributed by atoms with Crippen LogP contribution in [-0.4, -0.2) is 68.0 Å². The Kier molecular flexibility index (Phi) is 5.37. The van der Waals surface area contributed by atoms with Crippen LogP contribution in [0.4, 0.5) is 4.39 Å². The molecule has 2 aromatic rings. The molecule has 1 aromatic carbocycles. The van der Waals surface area contributed by atoms with Crippen LogP contribution in [0, 0.1) is 5.82 Å². The highest BCUT2D eigenvalue weighted by Crippen LogP contribution is 2.12. The van der Waals surface area contributed by atoms with Crippen LogP contribution in [0.1, 0.15) is 12.2 Å². The number of carbonyl (C=O) groups is 1. The van der Waals surface area contributed by atoms with Gasteiger partial charge in [0.05, 0.1) is 12.2 Å². The van der Waals surface area contributed by atoms with E-state index >= 15 is 0 Å². The third-order valence-electron chi connectivity index (χ3n) is 4.00. The third kappa shape index (κ3) is 3.88. The normalized spacial score (nSPS) is 15.7. The van der Waals surface area contributed by atoms with Crippen molar-refractivity contribution in [2.75, 3.05) is 32.1 Å². The number of piperazine rings is 1. The number of benzene rings is 1. The summed E-state index contributed by atoms with van der Waals surface area (Å²) in [6.07, 6.45) is 0.379. The highest BCUT2D eigenvalue weighted by atomic mass is 35.5. The van der Waals surface area contributed by atoms with Gasteiger partial charge in [-0.2, -0.15) is 4.68 Å². The van der Waals surface area contributed by atoms with E-state index in [0.717, 1.165) is 13.1 Å². The molecule has 1 fully saturated rings. The monoisotopic (exact) mass is 352 g/mol. The van der Waals surface area contributed by atoms with Gasteiger partial charge in [-0.3, -0.25) is 9.69 Å². The summed E-state index contributed by atoms with van der Waals surface area (Å²) in [4.78, 5) is 15.9. The number of halogens is 2. The highest BCUT2D eigenvalue weighted by Gasteiger charge is 2.22. The van der Waals surface area contributed by atoms with Gasteiger partial charge in [0.1, 0.15) is 5.82 Å². The molecular formula is C15H18ClFN6O. The zero-order valence-corrected chi connectivity index (χ0v) is 13.9. The first-order valence-electron chi connectivity index (χ1n) is 7.76. The molecule has 0 saturated carbocycles. The third-order valence-corrected chi connectivity index (χ3v) is 4.19. The fourth-order valence-electron chi connectivity index (χ4n) is 2.68. The van der Waals surface area contributed by atoms with Crippen molar-refractivity contribution in [2.24, 2.45) is 0 Å². The second-order valence-electron chi connectivity index (χ2n) is 5.58. The van der Waals surface area contributed by atoms with Crippen molar-refractivity contribution >= 4 is 17.5 Å². The molecule has 0 radical (unpaired) electrons. The van der Waals surface area contributed by atoms with Gasteiger partial charge >= 0.3 is 0 Å². The standard InChI is InChI=1S/C15H18ClFN6O/c16-6-5-15(24)22-9-7-21(8-10-22)11-14-18-19-20-23(14)13-3-1-12(17)2-4-13/h1-4H,5-11H2. The van der Waals surface area contributed by atoms with Crippen LogP contribution in [0.3, 0.4) is 0 Å². The number of hydrogen-bond donors (Lipinski definition) is 0. The van der Waals surface area contributed by atoms with Crippen molar-refractivity contribution in [1.29, 1.82) is 0 Å². The quantitative estimate of drug-likeness (QED) is 0.753. The number of nitrogens with zero attached hydrogens (tertiary/aromatic N) is 6. The van der Waals surface area contributed by atoms with Gasteiger partial charge in [0, 0.05) is 38.5 Å². The zero-order valence-electron chi connectivity index (χ0n) is 13.1. The van der Waals surface area contributed by atoms with E-state index in [1.165, 1.54) is 12.1 Å². The average molecular weight is 353 g/mol. The molecule has 0 unspecified atom stereocenters. The summed E-state index contributed by atoms with van der Waals surface area (Å²) in [5.41, 5.74) is 0.715. The Hall–Kier alpha value is -2.06. The fourth-order valence-corrected chi connectivity index (χ4v) is 2.84. The summed E-state index contributed by atoms with van der Waals surface area (Å²) in [5.74, 6) is 0.833. The summed E-state index contributed by atoms with van der Waals surface area (Å²) in [6.45, 7) is 3.43. The van der Waals surface area contributed by atoms with E-state index in [1.807, 2.05) is 4.90 Å². The predicted octanol–water partition coefficient (Wildman–Crippen LogP) is 1.07. The van der Waals surface area contributed by atoms with Crippen LogP contribution < -0.4 is 0 Å². The Labute approximate surface area is 144 Å². The molecule has 0 N–H and O–H groups in total. The van der Waals surface area contributed by atoms with Gasteiger partial charge in [-0.15, -0.1) is 16.7 Å². The molecule has 128 valence electrons. The second-order valence-corrected chi connectivity index (χ2v) is 5.96. The smallest absolute Gasteiger partial charge is 0.223 e. The van der Waals surface area contributed by atoms with E-state index in [2.05, 4.69) is 20.4 Å². The number of carbonyl (C=O) groups excluding carboxylic acids is 1. The number of rotatable bonds is 5. The van der Waals surface area contributed by atoms with Crippen molar-refractivity contribution in [3.05, 3.63) is 35.9 Å². The minimum Gasteiger partial charge on any atom is -0.340 e. The molecule has 1 aliphatic rings. The second kappa shape index (κ2) is 7.67. The maximum atomic E-state index is 13.0. The van der Waals surface area contributed by atoms with Crippen LogP contribution in [0.25, 0.3) is 5.69 Å². The minimum atomic E-state index is -0.300. The Morgan fingerprint density at radius 1 is 1.17 bits per heavy atom. The van der Waals surface area contributed by atoms with Crippen LogP contribution in [0.5, 0.6) is 0 Å². The molecule has 7 nitrogen and oxygen atoms in total. The number of hydrogen-bond acceptors (Lipinski definition) is 5. The van der Waals surface area contributed by atoms with Crippen molar-refractivity contribution in [2.45, 2.75) is 13.0 Å². The Morgan fingerprint density at radius 3 is 2.54 bits per heavy atom. The average Bonchev–Trinajstić information content (AvgIpc) is 3.04. The van der Waals surface area contributed by atoms with E-state index in [9.17, 15) is 9.18 Å². The molecule has 1 aromatic heterocycles. The maximum absolute atomic E-state index is 13.0. The first kappa shape index (κ1) is 16.8. The molecule has 0 aliphatic carbocycles.